The minimum Gasteiger partial charge on any atom is -0.392 e. The smallest absolute Gasteiger partial charge is 0.240 e. The van der Waals surface area contributed by atoms with Crippen LogP contribution in [0, 0.1) is 6.92 Å². The molecule has 0 fully saturated rings. The number of hydrogen-bond acceptors (Lipinski definition) is 4. The maximum atomic E-state index is 11.9. The summed E-state index contributed by atoms with van der Waals surface area (Å²) in [5.41, 5.74) is 1.48. The molecule has 6 heteroatoms. The number of hydrogen-bond donors (Lipinski definition) is 2. The Bertz CT molecular complexity index is 485. The molecule has 2 N–H and O–H groups in total. The maximum absolute atomic E-state index is 11.9. The fourth-order valence-corrected chi connectivity index (χ4v) is 2.59. The van der Waals surface area contributed by atoms with E-state index in [0.717, 1.165) is 11.1 Å². The van der Waals surface area contributed by atoms with E-state index >= 15 is 0 Å². The van der Waals surface area contributed by atoms with Crippen molar-refractivity contribution < 1.29 is 18.3 Å². The number of rotatable bonds is 7. The van der Waals surface area contributed by atoms with Crippen molar-refractivity contribution in [3.63, 3.8) is 0 Å². The van der Waals surface area contributed by atoms with Crippen LogP contribution in [0.2, 0.25) is 0 Å². The molecule has 0 heterocycles. The molecule has 0 aliphatic heterocycles. The second kappa shape index (κ2) is 6.84. The van der Waals surface area contributed by atoms with E-state index in [2.05, 4.69) is 4.72 Å². The van der Waals surface area contributed by atoms with E-state index in [4.69, 9.17) is 9.84 Å². The highest BCUT2D eigenvalue weighted by Crippen LogP contribution is 2.15. The van der Waals surface area contributed by atoms with Gasteiger partial charge in [0.2, 0.25) is 10.0 Å². The lowest BCUT2D eigenvalue weighted by Crippen LogP contribution is -2.27. The van der Waals surface area contributed by atoms with Crippen LogP contribution in [0.25, 0.3) is 0 Å². The zero-order chi connectivity index (χ0) is 13.6. The Morgan fingerprint density at radius 3 is 2.67 bits per heavy atom. The summed E-state index contributed by atoms with van der Waals surface area (Å²) >= 11 is 0. The molecule has 0 bridgehead atoms. The lowest BCUT2D eigenvalue weighted by Gasteiger charge is -2.09. The van der Waals surface area contributed by atoms with Gasteiger partial charge in [0.05, 0.1) is 18.1 Å². The normalized spacial score (nSPS) is 11.7. The first-order valence-corrected chi connectivity index (χ1v) is 7.27. The monoisotopic (exact) mass is 273 g/mol. The summed E-state index contributed by atoms with van der Waals surface area (Å²) in [5, 5.41) is 9.03. The molecule has 0 aliphatic carbocycles. The van der Waals surface area contributed by atoms with Crippen molar-refractivity contribution in [2.75, 3.05) is 19.8 Å². The van der Waals surface area contributed by atoms with E-state index in [1.54, 1.807) is 19.1 Å². The van der Waals surface area contributed by atoms with Gasteiger partial charge in [-0.25, -0.2) is 13.1 Å². The van der Waals surface area contributed by atoms with Crippen molar-refractivity contribution in [1.29, 1.82) is 0 Å². The number of benzene rings is 1. The van der Waals surface area contributed by atoms with Crippen LogP contribution in [0.3, 0.4) is 0 Å². The number of aliphatic hydroxyl groups excluding tert-OH is 1. The Morgan fingerprint density at radius 1 is 1.39 bits per heavy atom. The van der Waals surface area contributed by atoms with Gasteiger partial charge in [-0.2, -0.15) is 0 Å². The Hall–Kier alpha value is -0.950. The number of ether oxygens (including phenoxy) is 1. The predicted molar refractivity (Wildman–Crippen MR) is 68.8 cm³/mol. The van der Waals surface area contributed by atoms with Gasteiger partial charge in [-0.05, 0) is 37.1 Å². The predicted octanol–water partition coefficient (Wildman–Crippen LogP) is 0.802. The van der Waals surface area contributed by atoms with E-state index < -0.39 is 10.0 Å². The summed E-state index contributed by atoms with van der Waals surface area (Å²) in [6.07, 6.45) is 0. The standard InChI is InChI=1S/C12H19NO4S/c1-3-17-7-6-13-18(15,16)12-5-4-11(9-14)10(2)8-12/h4-5,8,13-14H,3,6-7,9H2,1-2H3. The third kappa shape index (κ3) is 4.06. The molecule has 102 valence electrons. The fraction of sp³-hybridized carbons (Fsp3) is 0.500. The highest BCUT2D eigenvalue weighted by atomic mass is 32.2. The van der Waals surface area contributed by atoms with Gasteiger partial charge < -0.3 is 9.84 Å². The van der Waals surface area contributed by atoms with Crippen LogP contribution in [0.5, 0.6) is 0 Å². The zero-order valence-electron chi connectivity index (χ0n) is 10.6. The van der Waals surface area contributed by atoms with Gasteiger partial charge >= 0.3 is 0 Å². The van der Waals surface area contributed by atoms with Crippen molar-refractivity contribution in [3.8, 4) is 0 Å². The quantitative estimate of drug-likeness (QED) is 0.721. The van der Waals surface area contributed by atoms with Crippen LogP contribution in [-0.4, -0.2) is 33.3 Å². The largest absolute Gasteiger partial charge is 0.392 e. The minimum atomic E-state index is -3.50. The average molecular weight is 273 g/mol. The molecule has 0 spiro atoms. The first-order chi connectivity index (χ1) is 8.51. The van der Waals surface area contributed by atoms with Gasteiger partial charge in [0.15, 0.2) is 0 Å². The van der Waals surface area contributed by atoms with E-state index in [1.165, 1.54) is 6.07 Å². The topological polar surface area (TPSA) is 75.6 Å². The molecule has 5 nitrogen and oxygen atoms in total. The lowest BCUT2D eigenvalue weighted by molar-refractivity contribution is 0.153. The first-order valence-electron chi connectivity index (χ1n) is 5.79. The SMILES string of the molecule is CCOCCNS(=O)(=O)c1ccc(CO)c(C)c1. The van der Waals surface area contributed by atoms with Gasteiger partial charge in [-0.15, -0.1) is 0 Å². The Morgan fingerprint density at radius 2 is 2.11 bits per heavy atom. The average Bonchev–Trinajstić information content (AvgIpc) is 2.34. The second-order valence-corrected chi connectivity index (χ2v) is 5.61. The number of sulfonamides is 1. The highest BCUT2D eigenvalue weighted by Gasteiger charge is 2.14. The molecular formula is C12H19NO4S. The van der Waals surface area contributed by atoms with Crippen molar-refractivity contribution in [1.82, 2.24) is 4.72 Å². The summed E-state index contributed by atoms with van der Waals surface area (Å²) in [5.74, 6) is 0. The van der Waals surface area contributed by atoms with E-state index in [-0.39, 0.29) is 18.0 Å². The molecular weight excluding hydrogens is 254 g/mol. The van der Waals surface area contributed by atoms with Crippen LogP contribution in [0.4, 0.5) is 0 Å². The van der Waals surface area contributed by atoms with Gasteiger partial charge in [-0.1, -0.05) is 6.07 Å². The summed E-state index contributed by atoms with van der Waals surface area (Å²) in [6, 6.07) is 4.66. The lowest BCUT2D eigenvalue weighted by atomic mass is 10.1. The van der Waals surface area contributed by atoms with Crippen LogP contribution < -0.4 is 4.72 Å². The fourth-order valence-electron chi connectivity index (χ4n) is 1.49. The summed E-state index contributed by atoms with van der Waals surface area (Å²) in [7, 11) is -3.50. The molecule has 0 atom stereocenters. The summed E-state index contributed by atoms with van der Waals surface area (Å²) in [4.78, 5) is 0.202. The molecule has 0 unspecified atom stereocenters. The molecule has 0 aromatic heterocycles. The Labute approximate surface area is 108 Å². The Balaban J connectivity index is 2.76. The van der Waals surface area contributed by atoms with Crippen molar-refractivity contribution in [3.05, 3.63) is 29.3 Å². The van der Waals surface area contributed by atoms with E-state index in [9.17, 15) is 8.42 Å². The van der Waals surface area contributed by atoms with Crippen molar-refractivity contribution >= 4 is 10.0 Å². The second-order valence-electron chi connectivity index (χ2n) is 3.84. The maximum Gasteiger partial charge on any atom is 0.240 e. The molecule has 0 saturated heterocycles. The third-order valence-electron chi connectivity index (χ3n) is 2.54. The molecule has 18 heavy (non-hydrogen) atoms. The molecule has 0 aliphatic rings. The van der Waals surface area contributed by atoms with Gasteiger partial charge in [0.1, 0.15) is 0 Å². The van der Waals surface area contributed by atoms with Gasteiger partial charge in [-0.3, -0.25) is 0 Å². The first kappa shape index (κ1) is 15.1. The van der Waals surface area contributed by atoms with Crippen LogP contribution in [0.1, 0.15) is 18.1 Å². The highest BCUT2D eigenvalue weighted by molar-refractivity contribution is 7.89. The van der Waals surface area contributed by atoms with Crippen molar-refractivity contribution in [2.24, 2.45) is 0 Å². The Kier molecular flexibility index (Phi) is 5.74. The molecule has 1 aromatic rings. The third-order valence-corrected chi connectivity index (χ3v) is 4.00. The molecule has 0 radical (unpaired) electrons. The molecule has 1 rings (SSSR count). The molecule has 0 saturated carbocycles. The van der Waals surface area contributed by atoms with Gasteiger partial charge in [0, 0.05) is 13.2 Å². The van der Waals surface area contributed by atoms with Crippen molar-refractivity contribution in [2.45, 2.75) is 25.3 Å². The van der Waals surface area contributed by atoms with E-state index in [1.807, 2.05) is 6.92 Å². The number of aliphatic hydroxyl groups is 1. The number of aryl methyl sites for hydroxylation is 1. The minimum absolute atomic E-state index is 0.0933. The zero-order valence-corrected chi connectivity index (χ0v) is 11.5. The van der Waals surface area contributed by atoms with E-state index in [0.29, 0.717) is 13.2 Å². The summed E-state index contributed by atoms with van der Waals surface area (Å²) in [6.45, 7) is 4.69. The van der Waals surface area contributed by atoms with Crippen LogP contribution in [-0.2, 0) is 21.4 Å². The summed E-state index contributed by atoms with van der Waals surface area (Å²) < 4.78 is 31.4. The van der Waals surface area contributed by atoms with Crippen LogP contribution in [0.15, 0.2) is 23.1 Å². The number of nitrogens with one attached hydrogen (secondary N) is 1. The van der Waals surface area contributed by atoms with Gasteiger partial charge in [0.25, 0.3) is 0 Å². The van der Waals surface area contributed by atoms with Crippen LogP contribution >= 0.6 is 0 Å². The molecule has 1 aromatic carbocycles. The molecule has 0 amide bonds.